The van der Waals surface area contributed by atoms with Crippen LogP contribution in [0.1, 0.15) is 25.1 Å². The lowest BCUT2D eigenvalue weighted by Gasteiger charge is -2.06. The van der Waals surface area contributed by atoms with Crippen LogP contribution in [-0.2, 0) is 0 Å². The highest BCUT2D eigenvalue weighted by Gasteiger charge is 2.01. The average molecular weight is 350 g/mol. The Hall–Kier alpha value is -0.900. The molecule has 0 aliphatic carbocycles. The minimum Gasteiger partial charge on any atom is -0.311 e. The van der Waals surface area contributed by atoms with Crippen LogP contribution in [0.2, 0.25) is 0 Å². The third kappa shape index (κ3) is 4.58. The van der Waals surface area contributed by atoms with Crippen LogP contribution >= 0.6 is 27.3 Å². The van der Waals surface area contributed by atoms with Crippen molar-refractivity contribution in [1.29, 1.82) is 0 Å². The molecule has 0 saturated heterocycles. The molecule has 1 atom stereocenters. The summed E-state index contributed by atoms with van der Waals surface area (Å²) in [5, 5.41) is 3.46. The van der Waals surface area contributed by atoms with E-state index >= 15 is 0 Å². The van der Waals surface area contributed by atoms with Gasteiger partial charge in [-0.15, -0.1) is 11.3 Å². The monoisotopic (exact) mass is 349 g/mol. The summed E-state index contributed by atoms with van der Waals surface area (Å²) in [6.07, 6.45) is 5.61. The number of nitrogens with one attached hydrogen (secondary N) is 1. The number of thiophene rings is 1. The Balaban J connectivity index is 2.02. The Morgan fingerprint density at radius 2 is 1.95 bits per heavy atom. The Kier molecular flexibility index (Phi) is 6.02. The van der Waals surface area contributed by atoms with Gasteiger partial charge in [-0.25, -0.2) is 0 Å². The van der Waals surface area contributed by atoms with Crippen LogP contribution in [0.3, 0.4) is 0 Å². The van der Waals surface area contributed by atoms with Crippen molar-refractivity contribution in [3.8, 4) is 10.4 Å². The summed E-state index contributed by atoms with van der Waals surface area (Å²) in [6, 6.07) is 13.3. The lowest BCUT2D eigenvalue weighted by Crippen LogP contribution is -2.24. The summed E-state index contributed by atoms with van der Waals surface area (Å²) in [7, 11) is 0. The lowest BCUT2D eigenvalue weighted by molar-refractivity contribution is 0.625. The summed E-state index contributed by atoms with van der Waals surface area (Å²) < 4.78 is 1.12. The first-order valence-electron chi connectivity index (χ1n) is 6.96. The second-order valence-electron chi connectivity index (χ2n) is 4.81. The SMILES string of the molecule is CCCNC(C)/C=C/c1ccc(-c2ccc(Br)cc2)s1. The third-order valence-corrected chi connectivity index (χ3v) is 4.65. The third-order valence-electron chi connectivity index (χ3n) is 3.02. The molecule has 0 radical (unpaired) electrons. The van der Waals surface area contributed by atoms with E-state index in [-0.39, 0.29) is 0 Å². The fraction of sp³-hybridized carbons (Fsp3) is 0.294. The summed E-state index contributed by atoms with van der Waals surface area (Å²) >= 11 is 5.30. The van der Waals surface area contributed by atoms with Crippen LogP contribution in [0.15, 0.2) is 46.9 Å². The number of hydrogen-bond donors (Lipinski definition) is 1. The average Bonchev–Trinajstić information content (AvgIpc) is 2.92. The predicted octanol–water partition coefficient (Wildman–Crippen LogP) is 5.58. The van der Waals surface area contributed by atoms with Gasteiger partial charge in [-0.3, -0.25) is 0 Å². The molecule has 106 valence electrons. The van der Waals surface area contributed by atoms with E-state index in [1.807, 2.05) is 11.3 Å². The van der Waals surface area contributed by atoms with Crippen molar-refractivity contribution in [3.63, 3.8) is 0 Å². The zero-order chi connectivity index (χ0) is 14.4. The first-order valence-corrected chi connectivity index (χ1v) is 8.57. The molecule has 0 fully saturated rings. The highest BCUT2D eigenvalue weighted by atomic mass is 79.9. The van der Waals surface area contributed by atoms with Gasteiger partial charge in [-0.1, -0.05) is 41.1 Å². The maximum Gasteiger partial charge on any atom is 0.0349 e. The smallest absolute Gasteiger partial charge is 0.0349 e. The summed E-state index contributed by atoms with van der Waals surface area (Å²) in [5.74, 6) is 0. The van der Waals surface area contributed by atoms with Gasteiger partial charge >= 0.3 is 0 Å². The molecule has 1 heterocycles. The first kappa shape index (κ1) is 15.5. The molecular formula is C17H20BrNS. The van der Waals surface area contributed by atoms with Gasteiger partial charge in [-0.2, -0.15) is 0 Å². The van der Waals surface area contributed by atoms with Crippen molar-refractivity contribution in [2.45, 2.75) is 26.3 Å². The number of rotatable bonds is 6. The largest absolute Gasteiger partial charge is 0.311 e. The zero-order valence-electron chi connectivity index (χ0n) is 11.9. The fourth-order valence-corrected chi connectivity index (χ4v) is 3.08. The fourth-order valence-electron chi connectivity index (χ4n) is 1.89. The van der Waals surface area contributed by atoms with E-state index in [1.54, 1.807) is 0 Å². The zero-order valence-corrected chi connectivity index (χ0v) is 14.3. The Labute approximate surface area is 133 Å². The number of hydrogen-bond acceptors (Lipinski definition) is 2. The van der Waals surface area contributed by atoms with Crippen molar-refractivity contribution in [1.82, 2.24) is 5.32 Å². The van der Waals surface area contributed by atoms with E-state index < -0.39 is 0 Å². The van der Waals surface area contributed by atoms with Crippen molar-refractivity contribution in [2.75, 3.05) is 6.54 Å². The van der Waals surface area contributed by atoms with E-state index in [1.165, 1.54) is 21.7 Å². The lowest BCUT2D eigenvalue weighted by atomic mass is 10.2. The quantitative estimate of drug-likeness (QED) is 0.717. The van der Waals surface area contributed by atoms with Gasteiger partial charge in [0.15, 0.2) is 0 Å². The molecule has 0 spiro atoms. The van der Waals surface area contributed by atoms with Gasteiger partial charge in [0.05, 0.1) is 0 Å². The van der Waals surface area contributed by atoms with Crippen LogP contribution < -0.4 is 5.32 Å². The highest BCUT2D eigenvalue weighted by molar-refractivity contribution is 9.10. The molecule has 1 N–H and O–H groups in total. The molecule has 0 amide bonds. The predicted molar refractivity (Wildman–Crippen MR) is 94.2 cm³/mol. The van der Waals surface area contributed by atoms with Crippen LogP contribution in [0, 0.1) is 0 Å². The summed E-state index contributed by atoms with van der Waals surface area (Å²) in [5.41, 5.74) is 1.27. The minimum absolute atomic E-state index is 0.424. The van der Waals surface area contributed by atoms with Crippen LogP contribution in [-0.4, -0.2) is 12.6 Å². The van der Waals surface area contributed by atoms with Gasteiger partial charge in [0, 0.05) is 20.3 Å². The van der Waals surface area contributed by atoms with Gasteiger partial charge in [-0.05, 0) is 55.8 Å². The second kappa shape index (κ2) is 7.77. The molecule has 1 aromatic carbocycles. The van der Waals surface area contributed by atoms with Gasteiger partial charge in [0.25, 0.3) is 0 Å². The molecule has 1 aromatic heterocycles. The molecule has 0 aliphatic heterocycles. The maximum atomic E-state index is 3.47. The molecule has 1 nitrogen and oxygen atoms in total. The van der Waals surface area contributed by atoms with Gasteiger partial charge in [0.1, 0.15) is 0 Å². The number of halogens is 1. The summed E-state index contributed by atoms with van der Waals surface area (Å²) in [6.45, 7) is 5.45. The van der Waals surface area contributed by atoms with Gasteiger partial charge in [0.2, 0.25) is 0 Å². The Morgan fingerprint density at radius 1 is 1.20 bits per heavy atom. The van der Waals surface area contributed by atoms with Crippen LogP contribution in [0.25, 0.3) is 16.5 Å². The topological polar surface area (TPSA) is 12.0 Å². The van der Waals surface area contributed by atoms with Crippen molar-refractivity contribution in [2.24, 2.45) is 0 Å². The molecule has 1 unspecified atom stereocenters. The van der Waals surface area contributed by atoms with E-state index in [2.05, 4.69) is 83.6 Å². The molecule has 2 aromatic rings. The second-order valence-corrected chi connectivity index (χ2v) is 6.84. The van der Waals surface area contributed by atoms with Crippen LogP contribution in [0.4, 0.5) is 0 Å². The van der Waals surface area contributed by atoms with E-state index in [9.17, 15) is 0 Å². The Morgan fingerprint density at radius 3 is 2.65 bits per heavy atom. The van der Waals surface area contributed by atoms with Crippen LogP contribution in [0.5, 0.6) is 0 Å². The van der Waals surface area contributed by atoms with Crippen molar-refractivity contribution >= 4 is 33.3 Å². The summed E-state index contributed by atoms with van der Waals surface area (Å²) in [4.78, 5) is 2.61. The molecule has 0 saturated carbocycles. The standard InChI is InChI=1S/C17H20BrNS/c1-3-12-19-13(2)4-9-16-10-11-17(20-16)14-5-7-15(18)8-6-14/h4-11,13,19H,3,12H2,1-2H3/b9-4+. The van der Waals surface area contributed by atoms with Crippen molar-refractivity contribution < 1.29 is 0 Å². The minimum atomic E-state index is 0.424. The highest BCUT2D eigenvalue weighted by Crippen LogP contribution is 2.29. The maximum absolute atomic E-state index is 3.47. The molecular weight excluding hydrogens is 330 g/mol. The van der Waals surface area contributed by atoms with E-state index in [0.29, 0.717) is 6.04 Å². The molecule has 20 heavy (non-hydrogen) atoms. The van der Waals surface area contributed by atoms with E-state index in [4.69, 9.17) is 0 Å². The molecule has 0 aliphatic rings. The van der Waals surface area contributed by atoms with Crippen molar-refractivity contribution in [3.05, 3.63) is 51.8 Å². The normalized spacial score (nSPS) is 12.9. The number of benzene rings is 1. The molecule has 2 rings (SSSR count). The Bertz CT molecular complexity index is 557. The molecule has 3 heteroatoms. The van der Waals surface area contributed by atoms with E-state index in [0.717, 1.165) is 11.0 Å². The molecule has 0 bridgehead atoms. The van der Waals surface area contributed by atoms with Gasteiger partial charge < -0.3 is 5.32 Å². The first-order chi connectivity index (χ1) is 9.69.